The molecule has 0 aromatic rings. The van der Waals surface area contributed by atoms with E-state index in [1.54, 1.807) is 0 Å². The lowest BCUT2D eigenvalue weighted by molar-refractivity contribution is 0.00134. The van der Waals surface area contributed by atoms with E-state index in [1.807, 2.05) is 25.7 Å². The first kappa shape index (κ1) is 18.0. The van der Waals surface area contributed by atoms with Crippen molar-refractivity contribution in [1.82, 2.24) is 10.2 Å². The Labute approximate surface area is 144 Å². The van der Waals surface area contributed by atoms with Crippen LogP contribution in [0.1, 0.15) is 46.5 Å². The summed E-state index contributed by atoms with van der Waals surface area (Å²) in [6.45, 7) is 9.71. The summed E-state index contributed by atoms with van der Waals surface area (Å²) in [5.41, 5.74) is -0.327. The number of nitrogens with zero attached hydrogens (tertiary/aromatic N) is 1. The Morgan fingerprint density at radius 1 is 1.29 bits per heavy atom. The van der Waals surface area contributed by atoms with E-state index in [4.69, 9.17) is 9.47 Å². The molecular formula is C18H32N2O4. The zero-order valence-corrected chi connectivity index (χ0v) is 15.3. The fourth-order valence-corrected chi connectivity index (χ4v) is 3.91. The van der Waals surface area contributed by atoms with Crippen LogP contribution >= 0.6 is 0 Å². The average Bonchev–Trinajstić information content (AvgIpc) is 3.22. The van der Waals surface area contributed by atoms with Gasteiger partial charge in [-0.2, -0.15) is 0 Å². The molecule has 0 aromatic heterocycles. The topological polar surface area (TPSA) is 71.0 Å². The highest BCUT2D eigenvalue weighted by atomic mass is 16.6. The van der Waals surface area contributed by atoms with Gasteiger partial charge in [-0.05, 0) is 46.5 Å². The molecule has 3 rings (SSSR count). The van der Waals surface area contributed by atoms with Crippen LogP contribution in [0.3, 0.4) is 0 Å². The quantitative estimate of drug-likeness (QED) is 0.816. The summed E-state index contributed by atoms with van der Waals surface area (Å²) in [4.78, 5) is 14.4. The van der Waals surface area contributed by atoms with Crippen LogP contribution in [-0.4, -0.2) is 67.2 Å². The van der Waals surface area contributed by atoms with Gasteiger partial charge >= 0.3 is 6.09 Å². The molecule has 0 bridgehead atoms. The summed E-state index contributed by atoms with van der Waals surface area (Å²) in [7, 11) is 0. The molecule has 1 aliphatic carbocycles. The fraction of sp³-hybridized carbons (Fsp3) is 0.944. The van der Waals surface area contributed by atoms with Crippen molar-refractivity contribution in [2.24, 2.45) is 10.8 Å². The maximum absolute atomic E-state index is 12.5. The van der Waals surface area contributed by atoms with Crippen molar-refractivity contribution in [3.05, 3.63) is 0 Å². The molecule has 2 N–H and O–H groups in total. The molecule has 3 aliphatic rings. The van der Waals surface area contributed by atoms with E-state index < -0.39 is 5.60 Å². The van der Waals surface area contributed by atoms with E-state index in [0.29, 0.717) is 6.54 Å². The smallest absolute Gasteiger partial charge is 0.410 e. The lowest BCUT2D eigenvalue weighted by atomic mass is 9.76. The van der Waals surface area contributed by atoms with Gasteiger partial charge in [-0.15, -0.1) is 0 Å². The van der Waals surface area contributed by atoms with E-state index in [0.717, 1.165) is 52.0 Å². The van der Waals surface area contributed by atoms with Crippen molar-refractivity contribution in [2.75, 3.05) is 39.5 Å². The molecule has 3 fully saturated rings. The highest BCUT2D eigenvalue weighted by molar-refractivity contribution is 5.68. The maximum Gasteiger partial charge on any atom is 0.410 e. The highest BCUT2D eigenvalue weighted by Crippen LogP contribution is 2.46. The molecule has 1 saturated carbocycles. The van der Waals surface area contributed by atoms with Crippen LogP contribution in [0, 0.1) is 10.8 Å². The van der Waals surface area contributed by atoms with Crippen LogP contribution < -0.4 is 5.32 Å². The molecule has 24 heavy (non-hydrogen) atoms. The fourth-order valence-electron chi connectivity index (χ4n) is 3.91. The van der Waals surface area contributed by atoms with Gasteiger partial charge in [-0.3, -0.25) is 0 Å². The Morgan fingerprint density at radius 2 is 1.96 bits per heavy atom. The summed E-state index contributed by atoms with van der Waals surface area (Å²) in [5, 5.41) is 13.2. The monoisotopic (exact) mass is 340 g/mol. The van der Waals surface area contributed by atoms with Crippen LogP contribution in [-0.2, 0) is 9.47 Å². The summed E-state index contributed by atoms with van der Waals surface area (Å²) in [5.74, 6) is 0. The van der Waals surface area contributed by atoms with Crippen molar-refractivity contribution in [3.8, 4) is 0 Å². The second kappa shape index (κ2) is 6.46. The van der Waals surface area contributed by atoms with Crippen molar-refractivity contribution in [2.45, 2.75) is 58.1 Å². The number of carbonyl (C=O) groups excluding carboxylic acids is 1. The Bertz CT molecular complexity index is 464. The minimum atomic E-state index is -0.472. The lowest BCUT2D eigenvalue weighted by Crippen LogP contribution is -2.49. The molecule has 0 radical (unpaired) electrons. The molecule has 6 heteroatoms. The number of aliphatic hydroxyl groups is 1. The number of nitrogens with one attached hydrogen (secondary N) is 1. The minimum Gasteiger partial charge on any atom is -0.444 e. The molecular weight excluding hydrogens is 308 g/mol. The number of aliphatic hydroxyl groups excluding tert-OH is 1. The van der Waals surface area contributed by atoms with Gasteiger partial charge in [-0.1, -0.05) is 0 Å². The lowest BCUT2D eigenvalue weighted by Gasteiger charge is -2.38. The predicted molar refractivity (Wildman–Crippen MR) is 90.8 cm³/mol. The summed E-state index contributed by atoms with van der Waals surface area (Å²) < 4.78 is 11.1. The number of hydrogen-bond acceptors (Lipinski definition) is 5. The van der Waals surface area contributed by atoms with Gasteiger partial charge in [-0.25, -0.2) is 4.79 Å². The first-order valence-corrected chi connectivity index (χ1v) is 9.18. The summed E-state index contributed by atoms with van der Waals surface area (Å²) in [6, 6.07) is 0.248. The van der Waals surface area contributed by atoms with Crippen LogP contribution in [0.25, 0.3) is 0 Å². The van der Waals surface area contributed by atoms with Crippen molar-refractivity contribution >= 4 is 6.09 Å². The molecule has 138 valence electrons. The molecule has 1 unspecified atom stereocenters. The van der Waals surface area contributed by atoms with E-state index in [2.05, 4.69) is 5.32 Å². The van der Waals surface area contributed by atoms with Gasteiger partial charge in [0.05, 0.1) is 0 Å². The number of likely N-dealkylation sites (tertiary alicyclic amines) is 1. The van der Waals surface area contributed by atoms with Gasteiger partial charge in [0.2, 0.25) is 0 Å². The SMILES string of the molecule is CC(C)(C)OC(=O)N1CC(NCC2(CO)CC2)C2(CCOCC2)C1. The second-order valence-electron chi connectivity index (χ2n) is 8.93. The molecule has 0 aromatic carbocycles. The van der Waals surface area contributed by atoms with Crippen LogP contribution in [0.4, 0.5) is 4.79 Å². The zero-order valence-electron chi connectivity index (χ0n) is 15.3. The molecule has 1 spiro atoms. The third kappa shape index (κ3) is 3.86. The largest absolute Gasteiger partial charge is 0.444 e. The van der Waals surface area contributed by atoms with Gasteiger partial charge in [0.25, 0.3) is 0 Å². The summed E-state index contributed by atoms with van der Waals surface area (Å²) >= 11 is 0. The number of carbonyl (C=O) groups is 1. The number of ether oxygens (including phenoxy) is 2. The molecule has 2 saturated heterocycles. The van der Waals surface area contributed by atoms with Crippen molar-refractivity contribution < 1.29 is 19.4 Å². The van der Waals surface area contributed by atoms with E-state index in [-0.39, 0.29) is 29.6 Å². The molecule has 1 amide bonds. The molecule has 2 aliphatic heterocycles. The Morgan fingerprint density at radius 3 is 2.50 bits per heavy atom. The molecule has 1 atom stereocenters. The van der Waals surface area contributed by atoms with Crippen molar-refractivity contribution in [3.63, 3.8) is 0 Å². The van der Waals surface area contributed by atoms with Crippen LogP contribution in [0.15, 0.2) is 0 Å². The Hall–Kier alpha value is -0.850. The van der Waals surface area contributed by atoms with Gasteiger partial charge < -0.3 is 24.8 Å². The number of rotatable bonds is 4. The highest BCUT2D eigenvalue weighted by Gasteiger charge is 2.51. The van der Waals surface area contributed by atoms with Gasteiger partial charge in [0.15, 0.2) is 0 Å². The van der Waals surface area contributed by atoms with Gasteiger partial charge in [0, 0.05) is 56.3 Å². The van der Waals surface area contributed by atoms with Gasteiger partial charge in [0.1, 0.15) is 5.60 Å². The number of amides is 1. The predicted octanol–water partition coefficient (Wildman–Crippen LogP) is 1.76. The normalized spacial score (nSPS) is 28.2. The third-order valence-electron chi connectivity index (χ3n) is 5.80. The van der Waals surface area contributed by atoms with E-state index >= 15 is 0 Å². The first-order chi connectivity index (χ1) is 11.3. The first-order valence-electron chi connectivity index (χ1n) is 9.18. The standard InChI is InChI=1S/C18H32N2O4/c1-16(2,3)24-15(22)20-10-14(19-11-17(13-21)4-5-17)18(12-20)6-8-23-9-7-18/h14,19,21H,4-13H2,1-3H3. The summed E-state index contributed by atoms with van der Waals surface area (Å²) in [6.07, 6.45) is 3.90. The van der Waals surface area contributed by atoms with Crippen LogP contribution in [0.5, 0.6) is 0 Å². The molecule has 2 heterocycles. The van der Waals surface area contributed by atoms with Crippen molar-refractivity contribution in [1.29, 1.82) is 0 Å². The van der Waals surface area contributed by atoms with E-state index in [9.17, 15) is 9.90 Å². The molecule has 6 nitrogen and oxygen atoms in total. The Kier molecular flexibility index (Phi) is 4.84. The zero-order chi connectivity index (χ0) is 17.4. The third-order valence-corrected chi connectivity index (χ3v) is 5.80. The second-order valence-corrected chi connectivity index (χ2v) is 8.93. The van der Waals surface area contributed by atoms with Crippen LogP contribution in [0.2, 0.25) is 0 Å². The Balaban J connectivity index is 1.66. The van der Waals surface area contributed by atoms with E-state index in [1.165, 1.54) is 0 Å². The average molecular weight is 340 g/mol. The minimum absolute atomic E-state index is 0.0701. The maximum atomic E-state index is 12.5. The number of hydrogen-bond donors (Lipinski definition) is 2.